The molecule has 0 aliphatic carbocycles. The zero-order valence-electron chi connectivity index (χ0n) is 9.55. The van der Waals surface area contributed by atoms with Gasteiger partial charge in [-0.25, -0.2) is 4.79 Å². The minimum absolute atomic E-state index is 0.179. The fraction of sp³-hybridized carbons (Fsp3) is 0.364. The van der Waals surface area contributed by atoms with E-state index in [4.69, 9.17) is 16.3 Å². The molecular formula is C11H11ClN2O4. The maximum Gasteiger partial charge on any atom is 0.336 e. The second-order valence-corrected chi connectivity index (χ2v) is 4.27. The zero-order valence-corrected chi connectivity index (χ0v) is 10.3. The van der Waals surface area contributed by atoms with Crippen LogP contribution in [0.5, 0.6) is 0 Å². The van der Waals surface area contributed by atoms with Gasteiger partial charge in [-0.3, -0.25) is 10.1 Å². The molecule has 0 radical (unpaired) electrons. The Kier molecular flexibility index (Phi) is 3.38. The van der Waals surface area contributed by atoms with Gasteiger partial charge in [0.15, 0.2) is 6.04 Å². The molecule has 0 fully saturated rings. The number of hydrogen-bond acceptors (Lipinski definition) is 5. The predicted octanol–water partition coefficient (Wildman–Crippen LogP) is 2.01. The minimum Gasteiger partial charge on any atom is -0.464 e. The number of fused-ring (bicyclic) bond motifs is 1. The first-order valence-electron chi connectivity index (χ1n) is 5.40. The summed E-state index contributed by atoms with van der Waals surface area (Å²) in [4.78, 5) is 22.3. The van der Waals surface area contributed by atoms with Gasteiger partial charge in [-0.1, -0.05) is 11.6 Å². The molecule has 1 aliphatic heterocycles. The number of carbonyl (C=O) groups is 1. The molecule has 1 N–H and O–H groups in total. The van der Waals surface area contributed by atoms with Crippen LogP contribution in [0, 0.1) is 10.1 Å². The highest BCUT2D eigenvalue weighted by Crippen LogP contribution is 2.38. The van der Waals surface area contributed by atoms with Crippen LogP contribution in [-0.2, 0) is 9.53 Å². The standard InChI is InChI=1S/C11H11ClN2O4/c1-2-18-11(15)9-10(14(16)17)7-5-6(12)3-4-8(7)13-9/h3-5,9-10,13H,2H2,1H3. The van der Waals surface area contributed by atoms with Crippen molar-refractivity contribution in [1.29, 1.82) is 0 Å². The van der Waals surface area contributed by atoms with Crippen LogP contribution in [0.1, 0.15) is 18.5 Å². The van der Waals surface area contributed by atoms with E-state index < -0.39 is 23.0 Å². The second kappa shape index (κ2) is 4.81. The highest BCUT2D eigenvalue weighted by atomic mass is 35.5. The Hall–Kier alpha value is -1.82. The van der Waals surface area contributed by atoms with Crippen LogP contribution in [0.25, 0.3) is 0 Å². The van der Waals surface area contributed by atoms with Crippen molar-refractivity contribution in [2.75, 3.05) is 11.9 Å². The van der Waals surface area contributed by atoms with Gasteiger partial charge < -0.3 is 10.1 Å². The third kappa shape index (κ3) is 2.11. The van der Waals surface area contributed by atoms with Crippen molar-refractivity contribution in [3.05, 3.63) is 38.9 Å². The van der Waals surface area contributed by atoms with E-state index in [2.05, 4.69) is 5.32 Å². The highest BCUT2D eigenvalue weighted by Gasteiger charge is 2.46. The van der Waals surface area contributed by atoms with Crippen molar-refractivity contribution in [2.24, 2.45) is 0 Å². The number of halogens is 1. The van der Waals surface area contributed by atoms with E-state index in [9.17, 15) is 14.9 Å². The molecule has 0 saturated heterocycles. The average Bonchev–Trinajstić information content (AvgIpc) is 2.67. The summed E-state index contributed by atoms with van der Waals surface area (Å²) in [5.74, 6) is -0.633. The van der Waals surface area contributed by atoms with Gasteiger partial charge in [0, 0.05) is 15.6 Å². The second-order valence-electron chi connectivity index (χ2n) is 3.84. The molecule has 1 aromatic carbocycles. The van der Waals surface area contributed by atoms with Crippen LogP contribution >= 0.6 is 11.6 Å². The van der Waals surface area contributed by atoms with Crippen molar-refractivity contribution < 1.29 is 14.5 Å². The molecule has 0 spiro atoms. The number of nitro groups is 1. The molecule has 0 aromatic heterocycles. The van der Waals surface area contributed by atoms with Gasteiger partial charge in [-0.05, 0) is 25.1 Å². The Morgan fingerprint density at radius 1 is 1.61 bits per heavy atom. The monoisotopic (exact) mass is 270 g/mol. The van der Waals surface area contributed by atoms with Crippen molar-refractivity contribution >= 4 is 23.3 Å². The Morgan fingerprint density at radius 3 is 2.94 bits per heavy atom. The lowest BCUT2D eigenvalue weighted by molar-refractivity contribution is -0.527. The Labute approximate surface area is 108 Å². The van der Waals surface area contributed by atoms with Gasteiger partial charge in [0.05, 0.1) is 12.2 Å². The van der Waals surface area contributed by atoms with Gasteiger partial charge in [0.2, 0.25) is 0 Å². The number of ether oxygens (including phenoxy) is 1. The average molecular weight is 271 g/mol. The molecular weight excluding hydrogens is 260 g/mol. The van der Waals surface area contributed by atoms with E-state index in [1.54, 1.807) is 19.1 Å². The lowest BCUT2D eigenvalue weighted by Crippen LogP contribution is -2.35. The van der Waals surface area contributed by atoms with E-state index in [1.807, 2.05) is 0 Å². The zero-order chi connectivity index (χ0) is 13.3. The van der Waals surface area contributed by atoms with E-state index in [0.717, 1.165) is 0 Å². The number of nitrogens with zero attached hydrogens (tertiary/aromatic N) is 1. The third-order valence-corrected chi connectivity index (χ3v) is 2.96. The van der Waals surface area contributed by atoms with E-state index in [-0.39, 0.29) is 6.61 Å². The van der Waals surface area contributed by atoms with Gasteiger partial charge in [-0.15, -0.1) is 0 Å². The third-order valence-electron chi connectivity index (χ3n) is 2.73. The molecule has 1 aromatic rings. The normalized spacial score (nSPS) is 21.0. The SMILES string of the molecule is CCOC(=O)C1Nc2ccc(Cl)cc2C1[N+](=O)[O-]. The summed E-state index contributed by atoms with van der Waals surface area (Å²) < 4.78 is 4.83. The van der Waals surface area contributed by atoms with Crippen molar-refractivity contribution in [3.63, 3.8) is 0 Å². The maximum absolute atomic E-state index is 11.7. The van der Waals surface area contributed by atoms with Gasteiger partial charge in [-0.2, -0.15) is 0 Å². The summed E-state index contributed by atoms with van der Waals surface area (Å²) >= 11 is 5.82. The quantitative estimate of drug-likeness (QED) is 0.516. The number of nitrogens with one attached hydrogen (secondary N) is 1. The number of benzene rings is 1. The van der Waals surface area contributed by atoms with Crippen molar-refractivity contribution in [1.82, 2.24) is 0 Å². The lowest BCUT2D eigenvalue weighted by Gasteiger charge is -2.12. The molecule has 2 rings (SSSR count). The van der Waals surface area contributed by atoms with E-state index in [0.29, 0.717) is 16.3 Å². The molecule has 7 heteroatoms. The first-order chi connectivity index (χ1) is 8.54. The van der Waals surface area contributed by atoms with E-state index in [1.165, 1.54) is 6.07 Å². The predicted molar refractivity (Wildman–Crippen MR) is 65.2 cm³/mol. The largest absolute Gasteiger partial charge is 0.464 e. The summed E-state index contributed by atoms with van der Waals surface area (Å²) in [5.41, 5.74) is 0.949. The summed E-state index contributed by atoms with van der Waals surface area (Å²) in [7, 11) is 0. The number of esters is 1. The Balaban J connectivity index is 2.37. The Morgan fingerprint density at radius 2 is 2.33 bits per heavy atom. The summed E-state index contributed by atoms with van der Waals surface area (Å²) in [6, 6.07) is 2.55. The summed E-state index contributed by atoms with van der Waals surface area (Å²) in [6.07, 6.45) is 0. The lowest BCUT2D eigenvalue weighted by atomic mass is 10.0. The van der Waals surface area contributed by atoms with Crippen LogP contribution in [0.3, 0.4) is 0 Å². The topological polar surface area (TPSA) is 81.5 Å². The van der Waals surface area contributed by atoms with Crippen LogP contribution in [-0.4, -0.2) is 23.5 Å². The molecule has 96 valence electrons. The van der Waals surface area contributed by atoms with Crippen LogP contribution in [0.4, 0.5) is 5.69 Å². The molecule has 2 unspecified atom stereocenters. The molecule has 1 aliphatic rings. The highest BCUT2D eigenvalue weighted by molar-refractivity contribution is 6.30. The molecule has 18 heavy (non-hydrogen) atoms. The van der Waals surface area contributed by atoms with Gasteiger partial charge >= 0.3 is 5.97 Å². The van der Waals surface area contributed by atoms with Gasteiger partial charge in [0.25, 0.3) is 6.04 Å². The van der Waals surface area contributed by atoms with Crippen LogP contribution < -0.4 is 5.32 Å². The summed E-state index contributed by atoms with van der Waals surface area (Å²) in [6.45, 7) is 1.83. The first kappa shape index (κ1) is 12.6. The molecule has 1 heterocycles. The van der Waals surface area contributed by atoms with Crippen LogP contribution in [0.2, 0.25) is 5.02 Å². The summed E-state index contributed by atoms with van der Waals surface area (Å²) in [5, 5.41) is 14.3. The van der Waals surface area contributed by atoms with Crippen LogP contribution in [0.15, 0.2) is 18.2 Å². The van der Waals surface area contributed by atoms with Crippen molar-refractivity contribution in [3.8, 4) is 0 Å². The molecule has 6 nitrogen and oxygen atoms in total. The number of rotatable bonds is 3. The molecule has 0 amide bonds. The minimum atomic E-state index is -1.17. The molecule has 2 atom stereocenters. The number of anilines is 1. The first-order valence-corrected chi connectivity index (χ1v) is 5.78. The number of carbonyl (C=O) groups excluding carboxylic acids is 1. The molecule has 0 bridgehead atoms. The smallest absolute Gasteiger partial charge is 0.336 e. The van der Waals surface area contributed by atoms with Gasteiger partial charge in [0.1, 0.15) is 0 Å². The Bertz CT molecular complexity index is 506. The van der Waals surface area contributed by atoms with Crippen molar-refractivity contribution in [2.45, 2.75) is 19.0 Å². The molecule has 0 saturated carbocycles. The fourth-order valence-corrected chi connectivity index (χ4v) is 2.17. The number of hydrogen-bond donors (Lipinski definition) is 1. The maximum atomic E-state index is 11.7. The fourth-order valence-electron chi connectivity index (χ4n) is 1.99. The van der Waals surface area contributed by atoms with E-state index >= 15 is 0 Å².